The number of benzene rings is 2. The van der Waals surface area contributed by atoms with Gasteiger partial charge in [-0.05, 0) is 55.5 Å². The number of hydrogen-bond donors (Lipinski definition) is 2. The molecule has 4 heteroatoms. The topological polar surface area (TPSA) is 41.1 Å². The van der Waals surface area contributed by atoms with Crippen LogP contribution in [0.15, 0.2) is 54.6 Å². The minimum absolute atomic E-state index is 0.113. The Hall–Kier alpha value is -2.00. The summed E-state index contributed by atoms with van der Waals surface area (Å²) in [6.45, 7) is 0. The van der Waals surface area contributed by atoms with E-state index in [4.69, 9.17) is 11.6 Å². The minimum atomic E-state index is -0.155. The number of halogens is 1. The highest BCUT2D eigenvalue weighted by atomic mass is 35.5. The van der Waals surface area contributed by atoms with Gasteiger partial charge in [0.2, 0.25) is 0 Å². The van der Waals surface area contributed by atoms with E-state index in [2.05, 4.69) is 22.8 Å². The van der Waals surface area contributed by atoms with Crippen LogP contribution in [-0.2, 0) is 6.42 Å². The quantitative estimate of drug-likeness (QED) is 0.849. The van der Waals surface area contributed by atoms with Gasteiger partial charge >= 0.3 is 6.03 Å². The summed E-state index contributed by atoms with van der Waals surface area (Å²) in [5.41, 5.74) is 1.89. The summed E-state index contributed by atoms with van der Waals surface area (Å²) >= 11 is 5.85. The molecule has 3 nitrogen and oxygen atoms in total. The van der Waals surface area contributed by atoms with Crippen molar-refractivity contribution in [3.8, 4) is 0 Å². The highest BCUT2D eigenvalue weighted by molar-refractivity contribution is 6.30. The Morgan fingerprint density at radius 3 is 2.32 bits per heavy atom. The number of anilines is 1. The van der Waals surface area contributed by atoms with Gasteiger partial charge in [0.15, 0.2) is 0 Å². The first kappa shape index (κ1) is 14.9. The third kappa shape index (κ3) is 3.60. The van der Waals surface area contributed by atoms with E-state index in [1.165, 1.54) is 5.56 Å². The molecular formula is C18H19ClN2O. The third-order valence-corrected chi connectivity index (χ3v) is 4.43. The number of urea groups is 1. The molecule has 2 aromatic carbocycles. The van der Waals surface area contributed by atoms with Gasteiger partial charge in [-0.1, -0.05) is 41.9 Å². The molecule has 0 saturated heterocycles. The van der Waals surface area contributed by atoms with E-state index in [1.54, 1.807) is 24.3 Å². The zero-order chi connectivity index (χ0) is 15.4. The van der Waals surface area contributed by atoms with Crippen molar-refractivity contribution in [2.45, 2.75) is 31.2 Å². The van der Waals surface area contributed by atoms with Crippen molar-refractivity contribution in [2.75, 3.05) is 5.32 Å². The van der Waals surface area contributed by atoms with Crippen molar-refractivity contribution in [1.82, 2.24) is 5.32 Å². The average molecular weight is 315 g/mol. The summed E-state index contributed by atoms with van der Waals surface area (Å²) < 4.78 is 0. The number of hydrogen-bond acceptors (Lipinski definition) is 1. The number of carbonyl (C=O) groups excluding carboxylic acids is 1. The van der Waals surface area contributed by atoms with Gasteiger partial charge in [-0.3, -0.25) is 0 Å². The van der Waals surface area contributed by atoms with Crippen LogP contribution in [0.25, 0.3) is 0 Å². The molecular weight excluding hydrogens is 296 g/mol. The monoisotopic (exact) mass is 314 g/mol. The number of rotatable bonds is 4. The fourth-order valence-corrected chi connectivity index (χ4v) is 3.00. The minimum Gasteiger partial charge on any atom is -0.332 e. The maximum Gasteiger partial charge on any atom is 0.319 e. The molecule has 1 fully saturated rings. The van der Waals surface area contributed by atoms with Crippen LogP contribution in [0.4, 0.5) is 10.5 Å². The summed E-state index contributed by atoms with van der Waals surface area (Å²) in [6, 6.07) is 17.3. The Labute approximate surface area is 135 Å². The van der Waals surface area contributed by atoms with Crippen LogP contribution in [0.1, 0.15) is 24.8 Å². The molecule has 1 aliphatic rings. The lowest BCUT2D eigenvalue weighted by Crippen LogP contribution is -2.56. The van der Waals surface area contributed by atoms with E-state index < -0.39 is 0 Å². The van der Waals surface area contributed by atoms with E-state index in [0.717, 1.165) is 31.4 Å². The molecule has 1 aliphatic carbocycles. The molecule has 1 saturated carbocycles. The molecule has 2 N–H and O–H groups in total. The van der Waals surface area contributed by atoms with Crippen molar-refractivity contribution in [3.63, 3.8) is 0 Å². The first-order chi connectivity index (χ1) is 10.7. The molecule has 0 aliphatic heterocycles. The van der Waals surface area contributed by atoms with E-state index >= 15 is 0 Å². The molecule has 0 unspecified atom stereocenters. The maximum absolute atomic E-state index is 12.2. The highest BCUT2D eigenvalue weighted by Crippen LogP contribution is 2.35. The lowest BCUT2D eigenvalue weighted by Gasteiger charge is -2.42. The van der Waals surface area contributed by atoms with Crippen molar-refractivity contribution in [3.05, 3.63) is 65.2 Å². The zero-order valence-corrected chi connectivity index (χ0v) is 13.1. The van der Waals surface area contributed by atoms with Gasteiger partial charge in [0.25, 0.3) is 0 Å². The van der Waals surface area contributed by atoms with Gasteiger partial charge in [-0.25, -0.2) is 4.79 Å². The second kappa shape index (κ2) is 6.41. The molecule has 2 amide bonds. The molecule has 3 rings (SSSR count). The van der Waals surface area contributed by atoms with E-state index in [1.807, 2.05) is 18.2 Å². The van der Waals surface area contributed by atoms with E-state index in [0.29, 0.717) is 5.02 Å². The molecule has 0 bridgehead atoms. The van der Waals surface area contributed by atoms with Gasteiger partial charge in [-0.15, -0.1) is 0 Å². The van der Waals surface area contributed by atoms with Crippen LogP contribution in [0.5, 0.6) is 0 Å². The average Bonchev–Trinajstić information content (AvgIpc) is 2.48. The van der Waals surface area contributed by atoms with Crippen molar-refractivity contribution >= 4 is 23.3 Å². The van der Waals surface area contributed by atoms with Crippen molar-refractivity contribution < 1.29 is 4.79 Å². The summed E-state index contributed by atoms with van der Waals surface area (Å²) in [5, 5.41) is 6.69. The van der Waals surface area contributed by atoms with E-state index in [9.17, 15) is 4.79 Å². The number of carbonyl (C=O) groups is 1. The molecule has 0 heterocycles. The normalized spacial score (nSPS) is 15.7. The van der Waals surface area contributed by atoms with Gasteiger partial charge in [-0.2, -0.15) is 0 Å². The first-order valence-electron chi connectivity index (χ1n) is 7.54. The second-order valence-electron chi connectivity index (χ2n) is 5.88. The summed E-state index contributed by atoms with van der Waals surface area (Å²) in [5.74, 6) is 0. The Kier molecular flexibility index (Phi) is 4.34. The van der Waals surface area contributed by atoms with Crippen LogP contribution in [-0.4, -0.2) is 11.6 Å². The van der Waals surface area contributed by atoms with Crippen LogP contribution in [0, 0.1) is 0 Å². The van der Waals surface area contributed by atoms with Crippen molar-refractivity contribution in [2.24, 2.45) is 0 Å². The highest BCUT2D eigenvalue weighted by Gasteiger charge is 2.38. The zero-order valence-electron chi connectivity index (χ0n) is 12.3. The van der Waals surface area contributed by atoms with Gasteiger partial charge in [0, 0.05) is 16.2 Å². The molecule has 0 atom stereocenters. The Morgan fingerprint density at radius 1 is 1.05 bits per heavy atom. The Bertz CT molecular complexity index is 636. The lowest BCUT2D eigenvalue weighted by atomic mass is 9.73. The first-order valence-corrected chi connectivity index (χ1v) is 7.92. The molecule has 114 valence electrons. The van der Waals surface area contributed by atoms with Crippen LogP contribution in [0.3, 0.4) is 0 Å². The fraction of sp³-hybridized carbons (Fsp3) is 0.278. The molecule has 0 aromatic heterocycles. The molecule has 0 radical (unpaired) electrons. The molecule has 2 aromatic rings. The third-order valence-electron chi connectivity index (χ3n) is 4.18. The predicted octanol–water partition coefficient (Wildman–Crippen LogP) is 4.63. The van der Waals surface area contributed by atoms with Gasteiger partial charge in [0.05, 0.1) is 0 Å². The Balaban J connectivity index is 1.62. The lowest BCUT2D eigenvalue weighted by molar-refractivity contribution is 0.183. The van der Waals surface area contributed by atoms with Crippen LogP contribution in [0.2, 0.25) is 5.02 Å². The van der Waals surface area contributed by atoms with Crippen molar-refractivity contribution in [1.29, 1.82) is 0 Å². The predicted molar refractivity (Wildman–Crippen MR) is 90.3 cm³/mol. The SMILES string of the molecule is O=C(Nc1ccc(Cl)cc1)NC1(Cc2ccccc2)CCC1. The molecule has 22 heavy (non-hydrogen) atoms. The Morgan fingerprint density at radius 2 is 1.73 bits per heavy atom. The maximum atomic E-state index is 12.2. The van der Waals surface area contributed by atoms with Crippen LogP contribution < -0.4 is 10.6 Å². The second-order valence-corrected chi connectivity index (χ2v) is 6.32. The summed E-state index contributed by atoms with van der Waals surface area (Å²) in [4.78, 5) is 12.2. The standard InChI is InChI=1S/C18H19ClN2O/c19-15-7-9-16(10-8-15)20-17(22)21-18(11-4-12-18)13-14-5-2-1-3-6-14/h1-3,5-10H,4,11-13H2,(H2,20,21,22). The van der Waals surface area contributed by atoms with Gasteiger partial charge in [0.1, 0.15) is 0 Å². The molecule has 0 spiro atoms. The summed E-state index contributed by atoms with van der Waals surface area (Å²) in [6.07, 6.45) is 4.09. The van der Waals surface area contributed by atoms with E-state index in [-0.39, 0.29) is 11.6 Å². The van der Waals surface area contributed by atoms with Gasteiger partial charge < -0.3 is 10.6 Å². The summed E-state index contributed by atoms with van der Waals surface area (Å²) in [7, 11) is 0. The largest absolute Gasteiger partial charge is 0.332 e. The number of amides is 2. The fourth-order valence-electron chi connectivity index (χ4n) is 2.87. The smallest absolute Gasteiger partial charge is 0.319 e. The number of nitrogens with one attached hydrogen (secondary N) is 2. The van der Waals surface area contributed by atoms with Crippen LogP contribution >= 0.6 is 11.6 Å².